The molecular weight excluding hydrogens is 404 g/mol. The van der Waals surface area contributed by atoms with Gasteiger partial charge in [-0.05, 0) is 93.0 Å². The summed E-state index contributed by atoms with van der Waals surface area (Å²) in [7, 11) is 0. The van der Waals surface area contributed by atoms with Gasteiger partial charge >= 0.3 is 0 Å². The Morgan fingerprint density at radius 1 is 1.06 bits per heavy atom. The Balaban J connectivity index is 1.41. The zero-order valence-electron chi connectivity index (χ0n) is 19.7. The molecule has 8 atom stereocenters. The molecule has 0 aromatic heterocycles. The predicted octanol–water partition coefficient (Wildman–Crippen LogP) is 2.95. The topological polar surface area (TPSA) is 126 Å². The molecule has 0 bridgehead atoms. The summed E-state index contributed by atoms with van der Waals surface area (Å²) in [4.78, 5) is 9.02. The van der Waals surface area contributed by atoms with E-state index in [0.29, 0.717) is 36.8 Å². The van der Waals surface area contributed by atoms with Crippen molar-refractivity contribution >= 4 is 12.2 Å². The van der Waals surface area contributed by atoms with Crippen LogP contribution in [-0.2, 0) is 4.84 Å². The number of rotatable bonds is 6. The van der Waals surface area contributed by atoms with E-state index in [2.05, 4.69) is 30.1 Å². The highest BCUT2D eigenvalue weighted by molar-refractivity contribution is 5.75. The molecule has 180 valence electrons. The van der Waals surface area contributed by atoms with Crippen molar-refractivity contribution in [1.82, 2.24) is 0 Å². The van der Waals surface area contributed by atoms with Crippen molar-refractivity contribution in [2.75, 3.05) is 13.2 Å². The van der Waals surface area contributed by atoms with Crippen LogP contribution in [0.25, 0.3) is 0 Å². The SMILES string of the molecule is C[C@]12CC[C@H](O)C[C@H]1CC[C@@H]1[C@@H]2CC[C@]2(C)[C@@H](/C=C/C=NOCCN=C(N)N)CC[C@]12O. The summed E-state index contributed by atoms with van der Waals surface area (Å²) < 4.78 is 0. The number of aliphatic hydroxyl groups excluding tert-OH is 1. The first-order valence-electron chi connectivity index (χ1n) is 12.5. The van der Waals surface area contributed by atoms with Crippen LogP contribution in [0.15, 0.2) is 22.3 Å². The highest BCUT2D eigenvalue weighted by atomic mass is 16.6. The third kappa shape index (κ3) is 3.96. The standard InChI is InChI=1S/C25H42N4O3/c1-23-10-8-19(30)16-18(23)5-6-21-20(23)9-11-24(2)17(7-12-25(21,24)31)4-3-13-29-32-15-14-28-22(26)27/h3-4,13,17-21,30-31H,5-12,14-16H2,1-2H3,(H4,26,27,28)/b4-3+,29-13?/t17-,18+,19-,20-,21+,23-,24+,25-/m0/s1. The van der Waals surface area contributed by atoms with Gasteiger partial charge in [0.15, 0.2) is 5.96 Å². The molecular formula is C25H42N4O3. The number of hydrogen-bond acceptors (Lipinski definition) is 5. The molecule has 0 heterocycles. The summed E-state index contributed by atoms with van der Waals surface area (Å²) in [5.74, 6) is 1.97. The van der Waals surface area contributed by atoms with Crippen LogP contribution in [-0.4, -0.2) is 47.2 Å². The fraction of sp³-hybridized carbons (Fsp3) is 0.840. The van der Waals surface area contributed by atoms with Gasteiger partial charge in [0, 0.05) is 5.41 Å². The minimum atomic E-state index is -0.594. The number of hydrogen-bond donors (Lipinski definition) is 4. The van der Waals surface area contributed by atoms with Crippen LogP contribution in [0.1, 0.15) is 71.6 Å². The number of oxime groups is 1. The summed E-state index contributed by atoms with van der Waals surface area (Å²) in [6.45, 7) is 5.50. The molecule has 0 spiro atoms. The monoisotopic (exact) mass is 446 g/mol. The lowest BCUT2D eigenvalue weighted by Gasteiger charge is -2.63. The van der Waals surface area contributed by atoms with E-state index >= 15 is 0 Å². The summed E-state index contributed by atoms with van der Waals surface area (Å²) in [6.07, 6.45) is 15.1. The number of guanidine groups is 1. The van der Waals surface area contributed by atoms with Crippen molar-refractivity contribution in [3.63, 3.8) is 0 Å². The van der Waals surface area contributed by atoms with Gasteiger partial charge in [-0.25, -0.2) is 4.99 Å². The van der Waals surface area contributed by atoms with Gasteiger partial charge in [-0.1, -0.05) is 25.1 Å². The molecule has 7 heteroatoms. The minimum Gasteiger partial charge on any atom is -0.394 e. The number of aliphatic imine (C=N–C) groups is 1. The fourth-order valence-corrected chi connectivity index (χ4v) is 8.08. The molecule has 0 saturated heterocycles. The van der Waals surface area contributed by atoms with Crippen molar-refractivity contribution in [2.24, 2.45) is 56.1 Å². The summed E-state index contributed by atoms with van der Waals surface area (Å²) in [5.41, 5.74) is 10.1. The molecule has 0 amide bonds. The number of nitrogens with two attached hydrogens (primary N) is 2. The molecule has 7 nitrogen and oxygen atoms in total. The second-order valence-electron chi connectivity index (χ2n) is 11.2. The Bertz CT molecular complexity index is 766. The van der Waals surface area contributed by atoms with E-state index in [1.165, 1.54) is 6.42 Å². The largest absolute Gasteiger partial charge is 0.394 e. The highest BCUT2D eigenvalue weighted by Gasteiger charge is 2.66. The van der Waals surface area contributed by atoms with Crippen LogP contribution in [0.3, 0.4) is 0 Å². The predicted molar refractivity (Wildman–Crippen MR) is 127 cm³/mol. The van der Waals surface area contributed by atoms with E-state index < -0.39 is 5.60 Å². The van der Waals surface area contributed by atoms with Gasteiger partial charge in [0.2, 0.25) is 0 Å². The van der Waals surface area contributed by atoms with Crippen molar-refractivity contribution < 1.29 is 15.1 Å². The van der Waals surface area contributed by atoms with Crippen molar-refractivity contribution in [3.8, 4) is 0 Å². The number of nitrogens with zero attached hydrogens (tertiary/aromatic N) is 2. The first kappa shape index (κ1) is 23.6. The maximum atomic E-state index is 12.2. The first-order chi connectivity index (χ1) is 15.2. The summed E-state index contributed by atoms with van der Waals surface area (Å²) >= 11 is 0. The Morgan fingerprint density at radius 3 is 2.66 bits per heavy atom. The molecule has 0 aromatic rings. The van der Waals surface area contributed by atoms with E-state index in [0.717, 1.165) is 51.4 Å². The first-order valence-corrected chi connectivity index (χ1v) is 12.5. The maximum absolute atomic E-state index is 12.2. The molecule has 4 rings (SSSR count). The van der Waals surface area contributed by atoms with E-state index in [9.17, 15) is 10.2 Å². The Labute approximate surface area is 192 Å². The van der Waals surface area contributed by atoms with Gasteiger partial charge in [0.05, 0.1) is 24.5 Å². The number of fused-ring (bicyclic) bond motifs is 5. The van der Waals surface area contributed by atoms with E-state index in [1.807, 2.05) is 6.08 Å². The lowest BCUT2D eigenvalue weighted by molar-refractivity contribution is -0.207. The molecule has 4 fully saturated rings. The highest BCUT2D eigenvalue weighted by Crippen LogP contribution is 2.69. The zero-order valence-corrected chi connectivity index (χ0v) is 19.7. The third-order valence-electron chi connectivity index (χ3n) is 9.94. The van der Waals surface area contributed by atoms with Crippen LogP contribution in [0.4, 0.5) is 0 Å². The normalized spacial score (nSPS) is 45.9. The summed E-state index contributed by atoms with van der Waals surface area (Å²) in [5, 5.41) is 26.3. The third-order valence-corrected chi connectivity index (χ3v) is 9.94. The average Bonchev–Trinajstić information content (AvgIpc) is 3.01. The van der Waals surface area contributed by atoms with Gasteiger partial charge in [0.25, 0.3) is 0 Å². The Kier molecular flexibility index (Phi) is 6.61. The molecule has 4 aliphatic carbocycles. The zero-order chi connectivity index (χ0) is 23.0. The molecule has 32 heavy (non-hydrogen) atoms. The van der Waals surface area contributed by atoms with E-state index in [4.69, 9.17) is 16.3 Å². The van der Waals surface area contributed by atoms with E-state index in [-0.39, 0.29) is 22.9 Å². The number of aliphatic hydroxyl groups is 2. The van der Waals surface area contributed by atoms with Crippen LogP contribution in [0.5, 0.6) is 0 Å². The molecule has 4 saturated carbocycles. The van der Waals surface area contributed by atoms with E-state index in [1.54, 1.807) is 6.21 Å². The van der Waals surface area contributed by atoms with Crippen LogP contribution < -0.4 is 11.5 Å². The second-order valence-corrected chi connectivity index (χ2v) is 11.2. The lowest BCUT2D eigenvalue weighted by Crippen LogP contribution is -2.62. The lowest BCUT2D eigenvalue weighted by atomic mass is 9.43. The maximum Gasteiger partial charge on any atom is 0.186 e. The van der Waals surface area contributed by atoms with Crippen LogP contribution in [0, 0.1) is 34.5 Å². The fourth-order valence-electron chi connectivity index (χ4n) is 8.08. The van der Waals surface area contributed by atoms with Crippen molar-refractivity contribution in [1.29, 1.82) is 0 Å². The molecule has 6 N–H and O–H groups in total. The Hall–Kier alpha value is -1.60. The molecule has 0 radical (unpaired) electrons. The molecule has 0 aromatic carbocycles. The molecule has 4 aliphatic rings. The van der Waals surface area contributed by atoms with Crippen LogP contribution in [0.2, 0.25) is 0 Å². The Morgan fingerprint density at radius 2 is 1.88 bits per heavy atom. The average molecular weight is 447 g/mol. The van der Waals surface area contributed by atoms with Gasteiger partial charge in [0.1, 0.15) is 6.61 Å². The minimum absolute atomic E-state index is 0.0534. The van der Waals surface area contributed by atoms with Gasteiger partial charge in [-0.3, -0.25) is 0 Å². The van der Waals surface area contributed by atoms with Crippen molar-refractivity contribution in [2.45, 2.75) is 83.3 Å². The smallest absolute Gasteiger partial charge is 0.186 e. The molecule has 0 aliphatic heterocycles. The van der Waals surface area contributed by atoms with Gasteiger partial charge in [-0.2, -0.15) is 0 Å². The van der Waals surface area contributed by atoms with Gasteiger partial charge < -0.3 is 26.5 Å². The van der Waals surface area contributed by atoms with Crippen molar-refractivity contribution in [3.05, 3.63) is 12.2 Å². The summed E-state index contributed by atoms with van der Waals surface area (Å²) in [6, 6.07) is 0. The molecule has 0 unspecified atom stereocenters. The quantitative estimate of drug-likeness (QED) is 0.216. The van der Waals surface area contributed by atoms with Crippen LogP contribution >= 0.6 is 0 Å². The number of allylic oxidation sites excluding steroid dienone is 2. The van der Waals surface area contributed by atoms with Gasteiger partial charge in [-0.15, -0.1) is 0 Å². The second kappa shape index (κ2) is 8.98.